The van der Waals surface area contributed by atoms with Gasteiger partial charge in [-0.15, -0.1) is 0 Å². The summed E-state index contributed by atoms with van der Waals surface area (Å²) in [5.74, 6) is 0.239. The summed E-state index contributed by atoms with van der Waals surface area (Å²) in [4.78, 5) is 11.1. The first-order valence-corrected chi connectivity index (χ1v) is 4.24. The van der Waals surface area contributed by atoms with Crippen LogP contribution in [0.15, 0.2) is 11.6 Å². The molecule has 0 aromatic carbocycles. The molecule has 0 aromatic heterocycles. The summed E-state index contributed by atoms with van der Waals surface area (Å²) in [6.07, 6.45) is 5.54. The Bertz CT molecular complexity index is 220. The van der Waals surface area contributed by atoms with Crippen molar-refractivity contribution in [3.63, 3.8) is 0 Å². The lowest BCUT2D eigenvalue weighted by Crippen LogP contribution is -2.35. The number of nitrogens with one attached hydrogen (secondary N) is 1. The van der Waals surface area contributed by atoms with Crippen LogP contribution in [0.25, 0.3) is 0 Å². The van der Waals surface area contributed by atoms with E-state index in [1.54, 1.807) is 6.92 Å². The van der Waals surface area contributed by atoms with E-state index in [0.29, 0.717) is 12.1 Å². The number of carbonyl (C=O) groups excluding carboxylic acids is 1. The molecular weight excluding hydrogens is 138 g/mol. The van der Waals surface area contributed by atoms with Gasteiger partial charge in [-0.25, -0.2) is 0 Å². The molecule has 2 heterocycles. The molecule has 0 radical (unpaired) electrons. The summed E-state index contributed by atoms with van der Waals surface area (Å²) in [5, 5.41) is 3.43. The van der Waals surface area contributed by atoms with Gasteiger partial charge in [0.15, 0.2) is 5.78 Å². The van der Waals surface area contributed by atoms with Gasteiger partial charge in [0.2, 0.25) is 0 Å². The molecule has 2 bridgehead atoms. The number of hydrogen-bond donors (Lipinski definition) is 1. The zero-order valence-electron chi connectivity index (χ0n) is 6.76. The predicted octanol–water partition coefficient (Wildman–Crippen LogP) is 1.03. The lowest BCUT2D eigenvalue weighted by atomic mass is 10.0. The van der Waals surface area contributed by atoms with Gasteiger partial charge in [0, 0.05) is 17.7 Å². The average Bonchev–Trinajstić information content (AvgIpc) is 2.32. The van der Waals surface area contributed by atoms with Crippen LogP contribution in [0.3, 0.4) is 0 Å². The second kappa shape index (κ2) is 2.45. The largest absolute Gasteiger partial charge is 0.307 e. The van der Waals surface area contributed by atoms with Crippen LogP contribution in [0, 0.1) is 0 Å². The van der Waals surface area contributed by atoms with Gasteiger partial charge in [-0.2, -0.15) is 0 Å². The summed E-state index contributed by atoms with van der Waals surface area (Å²) >= 11 is 0. The fourth-order valence-corrected chi connectivity index (χ4v) is 2.05. The molecule has 0 aromatic rings. The molecule has 1 saturated heterocycles. The molecule has 2 atom stereocenters. The van der Waals surface area contributed by atoms with E-state index in [1.807, 2.05) is 0 Å². The Morgan fingerprint density at radius 1 is 1.64 bits per heavy atom. The van der Waals surface area contributed by atoms with Crippen LogP contribution >= 0.6 is 0 Å². The SMILES string of the molecule is CC(=O)C1=CC[C@@H]2CC[C@H]1N2. The molecule has 0 unspecified atom stereocenters. The molecule has 0 spiro atoms. The fourth-order valence-electron chi connectivity index (χ4n) is 2.05. The van der Waals surface area contributed by atoms with Crippen LogP contribution in [-0.4, -0.2) is 17.9 Å². The van der Waals surface area contributed by atoms with E-state index in [9.17, 15) is 4.79 Å². The molecule has 1 N–H and O–H groups in total. The molecule has 0 saturated carbocycles. The number of Topliss-reactive ketones (excluding diaryl/α,β-unsaturated/α-hetero) is 1. The highest BCUT2D eigenvalue weighted by atomic mass is 16.1. The van der Waals surface area contributed by atoms with E-state index in [2.05, 4.69) is 11.4 Å². The quantitative estimate of drug-likeness (QED) is 0.606. The molecule has 2 aliphatic rings. The molecule has 1 fully saturated rings. The highest BCUT2D eigenvalue weighted by molar-refractivity contribution is 5.94. The molecule has 60 valence electrons. The minimum absolute atomic E-state index is 0.239. The Morgan fingerprint density at radius 3 is 3.18 bits per heavy atom. The average molecular weight is 151 g/mol. The molecular formula is C9H13NO. The third-order valence-electron chi connectivity index (χ3n) is 2.64. The van der Waals surface area contributed by atoms with Gasteiger partial charge in [-0.1, -0.05) is 6.08 Å². The van der Waals surface area contributed by atoms with Crippen molar-refractivity contribution in [2.75, 3.05) is 0 Å². The van der Waals surface area contributed by atoms with Gasteiger partial charge in [-0.3, -0.25) is 4.79 Å². The molecule has 0 amide bonds. The molecule has 2 aliphatic heterocycles. The third-order valence-corrected chi connectivity index (χ3v) is 2.64. The van der Waals surface area contributed by atoms with Gasteiger partial charge in [-0.05, 0) is 26.2 Å². The van der Waals surface area contributed by atoms with E-state index in [4.69, 9.17) is 0 Å². The number of ketones is 1. The summed E-state index contributed by atoms with van der Waals surface area (Å²) in [7, 11) is 0. The van der Waals surface area contributed by atoms with Crippen LogP contribution in [0.2, 0.25) is 0 Å². The van der Waals surface area contributed by atoms with Gasteiger partial charge in [0.25, 0.3) is 0 Å². The zero-order valence-corrected chi connectivity index (χ0v) is 6.76. The first-order chi connectivity index (χ1) is 5.27. The number of rotatable bonds is 1. The Labute approximate surface area is 66.7 Å². The van der Waals surface area contributed by atoms with Crippen molar-refractivity contribution in [2.45, 2.75) is 38.3 Å². The minimum Gasteiger partial charge on any atom is -0.307 e. The summed E-state index contributed by atoms with van der Waals surface area (Å²) < 4.78 is 0. The maximum absolute atomic E-state index is 11.1. The van der Waals surface area contributed by atoms with E-state index >= 15 is 0 Å². The van der Waals surface area contributed by atoms with Crippen molar-refractivity contribution in [1.82, 2.24) is 5.32 Å². The predicted molar refractivity (Wildman–Crippen MR) is 43.3 cm³/mol. The van der Waals surface area contributed by atoms with Crippen molar-refractivity contribution in [1.29, 1.82) is 0 Å². The third kappa shape index (κ3) is 1.11. The Kier molecular flexibility index (Phi) is 1.57. The summed E-state index contributed by atoms with van der Waals surface area (Å²) in [5.41, 5.74) is 1.01. The van der Waals surface area contributed by atoms with Crippen LogP contribution < -0.4 is 5.32 Å². The van der Waals surface area contributed by atoms with E-state index < -0.39 is 0 Å². The van der Waals surface area contributed by atoms with Gasteiger partial charge in [0.05, 0.1) is 0 Å². The van der Waals surface area contributed by atoms with Crippen molar-refractivity contribution >= 4 is 5.78 Å². The lowest BCUT2D eigenvalue weighted by molar-refractivity contribution is -0.114. The van der Waals surface area contributed by atoms with Crippen LogP contribution in [0.1, 0.15) is 26.2 Å². The smallest absolute Gasteiger partial charge is 0.157 e. The Balaban J connectivity index is 2.21. The minimum atomic E-state index is 0.239. The normalized spacial score (nSPS) is 35.2. The van der Waals surface area contributed by atoms with Crippen molar-refractivity contribution < 1.29 is 4.79 Å². The van der Waals surface area contributed by atoms with Crippen LogP contribution in [-0.2, 0) is 4.79 Å². The van der Waals surface area contributed by atoms with E-state index in [1.165, 1.54) is 6.42 Å². The maximum Gasteiger partial charge on any atom is 0.157 e. The number of carbonyl (C=O) groups is 1. The Morgan fingerprint density at radius 2 is 2.45 bits per heavy atom. The standard InChI is InChI=1S/C9H13NO/c1-6(11)8-4-2-7-3-5-9(8)10-7/h4,7,9-10H,2-3,5H2,1H3/t7-,9-/m1/s1. The van der Waals surface area contributed by atoms with Gasteiger partial charge >= 0.3 is 0 Å². The molecule has 2 rings (SSSR count). The van der Waals surface area contributed by atoms with Crippen molar-refractivity contribution in [2.24, 2.45) is 0 Å². The highest BCUT2D eigenvalue weighted by Crippen LogP contribution is 2.26. The van der Waals surface area contributed by atoms with Crippen molar-refractivity contribution in [3.8, 4) is 0 Å². The topological polar surface area (TPSA) is 29.1 Å². The first kappa shape index (κ1) is 7.04. The number of hydrogen-bond acceptors (Lipinski definition) is 2. The fraction of sp³-hybridized carbons (Fsp3) is 0.667. The highest BCUT2D eigenvalue weighted by Gasteiger charge is 2.31. The summed E-state index contributed by atoms with van der Waals surface area (Å²) in [6, 6.07) is 1.04. The van der Waals surface area contributed by atoms with Gasteiger partial charge in [0.1, 0.15) is 0 Å². The monoisotopic (exact) mass is 151 g/mol. The molecule has 0 aliphatic carbocycles. The molecule has 11 heavy (non-hydrogen) atoms. The number of fused-ring (bicyclic) bond motifs is 2. The van der Waals surface area contributed by atoms with Crippen LogP contribution in [0.5, 0.6) is 0 Å². The molecule has 2 heteroatoms. The van der Waals surface area contributed by atoms with E-state index in [0.717, 1.165) is 18.4 Å². The molecule has 2 nitrogen and oxygen atoms in total. The van der Waals surface area contributed by atoms with E-state index in [-0.39, 0.29) is 5.78 Å². The first-order valence-electron chi connectivity index (χ1n) is 4.24. The second-order valence-electron chi connectivity index (χ2n) is 3.44. The van der Waals surface area contributed by atoms with Crippen molar-refractivity contribution in [3.05, 3.63) is 11.6 Å². The lowest BCUT2D eigenvalue weighted by Gasteiger charge is -2.20. The zero-order chi connectivity index (χ0) is 7.84. The van der Waals surface area contributed by atoms with Gasteiger partial charge < -0.3 is 5.32 Å². The van der Waals surface area contributed by atoms with Crippen LogP contribution in [0.4, 0.5) is 0 Å². The Hall–Kier alpha value is -0.630. The second-order valence-corrected chi connectivity index (χ2v) is 3.44. The maximum atomic E-state index is 11.1. The summed E-state index contributed by atoms with van der Waals surface area (Å²) in [6.45, 7) is 1.66.